The van der Waals surface area contributed by atoms with Crippen LogP contribution in [-0.2, 0) is 6.54 Å². The maximum absolute atomic E-state index is 4.60. The van der Waals surface area contributed by atoms with Crippen LogP contribution in [0.5, 0.6) is 0 Å². The van der Waals surface area contributed by atoms with Gasteiger partial charge in [-0.25, -0.2) is 9.97 Å². The summed E-state index contributed by atoms with van der Waals surface area (Å²) in [6, 6.07) is 8.60. The van der Waals surface area contributed by atoms with E-state index in [9.17, 15) is 0 Å². The van der Waals surface area contributed by atoms with Crippen LogP contribution in [0.15, 0.2) is 34.9 Å². The van der Waals surface area contributed by atoms with Gasteiger partial charge in [0.15, 0.2) is 5.82 Å². The van der Waals surface area contributed by atoms with E-state index in [0.29, 0.717) is 6.04 Å². The second kappa shape index (κ2) is 6.26. The van der Waals surface area contributed by atoms with Crippen molar-refractivity contribution < 1.29 is 0 Å². The highest BCUT2D eigenvalue weighted by atomic mass is 79.9. The van der Waals surface area contributed by atoms with E-state index in [0.717, 1.165) is 28.1 Å². The van der Waals surface area contributed by atoms with Crippen LogP contribution in [0.1, 0.15) is 25.1 Å². The Morgan fingerprint density at radius 1 is 1.26 bits per heavy atom. The lowest BCUT2D eigenvalue weighted by atomic mass is 10.1. The summed E-state index contributed by atoms with van der Waals surface area (Å²) in [6.07, 6.45) is 1.81. The number of aromatic nitrogens is 2. The first-order valence-electron chi connectivity index (χ1n) is 6.38. The number of benzene rings is 1. The van der Waals surface area contributed by atoms with Crippen molar-refractivity contribution >= 4 is 15.9 Å². The van der Waals surface area contributed by atoms with Crippen molar-refractivity contribution in [1.82, 2.24) is 15.3 Å². The summed E-state index contributed by atoms with van der Waals surface area (Å²) in [7, 11) is 0. The Morgan fingerprint density at radius 3 is 2.74 bits per heavy atom. The molecule has 3 nitrogen and oxygen atoms in total. The third kappa shape index (κ3) is 3.85. The fourth-order valence-corrected chi connectivity index (χ4v) is 2.41. The lowest BCUT2D eigenvalue weighted by molar-refractivity contribution is 0.581. The number of aryl methyl sites for hydroxylation is 1. The predicted molar refractivity (Wildman–Crippen MR) is 81.9 cm³/mol. The molecule has 0 bridgehead atoms. The van der Waals surface area contributed by atoms with E-state index in [1.807, 2.05) is 12.3 Å². The fraction of sp³-hybridized carbons (Fsp3) is 0.333. The maximum Gasteiger partial charge on any atom is 0.160 e. The van der Waals surface area contributed by atoms with Crippen molar-refractivity contribution in [3.63, 3.8) is 0 Å². The quantitative estimate of drug-likeness (QED) is 0.933. The zero-order valence-electron chi connectivity index (χ0n) is 11.4. The Kier molecular flexibility index (Phi) is 4.66. The van der Waals surface area contributed by atoms with E-state index in [1.54, 1.807) is 0 Å². The van der Waals surface area contributed by atoms with E-state index in [1.165, 1.54) is 5.56 Å². The van der Waals surface area contributed by atoms with Crippen molar-refractivity contribution in [2.75, 3.05) is 0 Å². The third-order valence-electron chi connectivity index (χ3n) is 2.77. The molecule has 0 saturated carbocycles. The third-order valence-corrected chi connectivity index (χ3v) is 3.43. The molecular weight excluding hydrogens is 302 g/mol. The van der Waals surface area contributed by atoms with Crippen molar-refractivity contribution in [3.05, 3.63) is 46.2 Å². The minimum absolute atomic E-state index is 0.449. The molecule has 2 rings (SSSR count). The van der Waals surface area contributed by atoms with Crippen molar-refractivity contribution in [1.29, 1.82) is 0 Å². The molecule has 100 valence electrons. The van der Waals surface area contributed by atoms with Crippen LogP contribution in [0, 0.1) is 6.92 Å². The van der Waals surface area contributed by atoms with Gasteiger partial charge in [-0.2, -0.15) is 0 Å². The van der Waals surface area contributed by atoms with E-state index >= 15 is 0 Å². The first-order valence-corrected chi connectivity index (χ1v) is 7.17. The second-order valence-electron chi connectivity index (χ2n) is 4.89. The van der Waals surface area contributed by atoms with Crippen LogP contribution in [0.3, 0.4) is 0 Å². The van der Waals surface area contributed by atoms with Crippen LogP contribution in [-0.4, -0.2) is 16.0 Å². The molecule has 0 atom stereocenters. The normalized spacial score (nSPS) is 11.0. The fourth-order valence-electron chi connectivity index (χ4n) is 1.73. The average Bonchev–Trinajstić information content (AvgIpc) is 2.36. The Labute approximate surface area is 122 Å². The number of halogens is 1. The lowest BCUT2D eigenvalue weighted by Crippen LogP contribution is -2.22. The van der Waals surface area contributed by atoms with Gasteiger partial charge >= 0.3 is 0 Å². The van der Waals surface area contributed by atoms with Crippen LogP contribution >= 0.6 is 15.9 Å². The monoisotopic (exact) mass is 319 g/mol. The molecule has 0 fully saturated rings. The topological polar surface area (TPSA) is 37.8 Å². The van der Waals surface area contributed by atoms with Gasteiger partial charge in [-0.05, 0) is 30.7 Å². The predicted octanol–water partition coefficient (Wildman–Crippen LogP) is 3.71. The zero-order chi connectivity index (χ0) is 13.8. The van der Waals surface area contributed by atoms with Gasteiger partial charge in [0.25, 0.3) is 0 Å². The van der Waals surface area contributed by atoms with E-state index in [4.69, 9.17) is 0 Å². The molecule has 1 aromatic carbocycles. The van der Waals surface area contributed by atoms with Crippen molar-refractivity contribution in [2.45, 2.75) is 33.4 Å². The molecule has 19 heavy (non-hydrogen) atoms. The summed E-state index contributed by atoms with van der Waals surface area (Å²) in [5, 5.41) is 3.36. The molecule has 2 aromatic rings. The molecule has 0 saturated heterocycles. The van der Waals surface area contributed by atoms with Crippen LogP contribution in [0.2, 0.25) is 0 Å². The number of rotatable bonds is 4. The smallest absolute Gasteiger partial charge is 0.160 e. The second-order valence-corrected chi connectivity index (χ2v) is 5.74. The Morgan fingerprint density at radius 2 is 2.05 bits per heavy atom. The standard InChI is InChI=1S/C15H18BrN3/c1-10(2)18-9-12-6-7-17-15(19-12)13-5-4-11(3)8-14(13)16/h4-8,10,18H,9H2,1-3H3. The Hall–Kier alpha value is -1.26. The van der Waals surface area contributed by atoms with Gasteiger partial charge in [-0.3, -0.25) is 0 Å². The first kappa shape index (κ1) is 14.2. The molecule has 0 aliphatic heterocycles. The highest BCUT2D eigenvalue weighted by molar-refractivity contribution is 9.10. The molecule has 0 radical (unpaired) electrons. The van der Waals surface area contributed by atoms with Gasteiger partial charge in [0, 0.05) is 28.8 Å². The van der Waals surface area contributed by atoms with Gasteiger partial charge in [0.2, 0.25) is 0 Å². The van der Waals surface area contributed by atoms with Gasteiger partial charge in [-0.1, -0.05) is 35.8 Å². The van der Waals surface area contributed by atoms with Crippen LogP contribution in [0.25, 0.3) is 11.4 Å². The highest BCUT2D eigenvalue weighted by Crippen LogP contribution is 2.26. The summed E-state index contributed by atoms with van der Waals surface area (Å²) in [4.78, 5) is 8.96. The summed E-state index contributed by atoms with van der Waals surface area (Å²) in [5.74, 6) is 0.759. The van der Waals surface area contributed by atoms with Crippen molar-refractivity contribution in [2.24, 2.45) is 0 Å². The molecule has 0 unspecified atom stereocenters. The molecule has 0 spiro atoms. The van der Waals surface area contributed by atoms with Gasteiger partial charge < -0.3 is 5.32 Å². The zero-order valence-corrected chi connectivity index (χ0v) is 13.0. The molecule has 1 heterocycles. The number of nitrogens with zero attached hydrogens (tertiary/aromatic N) is 2. The Balaban J connectivity index is 2.27. The lowest BCUT2D eigenvalue weighted by Gasteiger charge is -2.09. The summed E-state index contributed by atoms with van der Waals surface area (Å²) in [5.41, 5.74) is 3.25. The van der Waals surface area contributed by atoms with Gasteiger partial charge in [-0.15, -0.1) is 0 Å². The molecular formula is C15H18BrN3. The Bertz CT molecular complexity index is 567. The number of nitrogens with one attached hydrogen (secondary N) is 1. The van der Waals surface area contributed by atoms with Crippen LogP contribution < -0.4 is 5.32 Å². The molecule has 0 aliphatic carbocycles. The van der Waals surface area contributed by atoms with E-state index < -0.39 is 0 Å². The summed E-state index contributed by atoms with van der Waals surface area (Å²) >= 11 is 3.57. The minimum atomic E-state index is 0.449. The van der Waals surface area contributed by atoms with E-state index in [2.05, 4.69) is 70.2 Å². The van der Waals surface area contributed by atoms with Crippen LogP contribution in [0.4, 0.5) is 0 Å². The SMILES string of the molecule is Cc1ccc(-c2nccc(CNC(C)C)n2)c(Br)c1. The first-order chi connectivity index (χ1) is 9.06. The maximum atomic E-state index is 4.60. The molecule has 0 amide bonds. The average molecular weight is 320 g/mol. The largest absolute Gasteiger partial charge is 0.309 e. The van der Waals surface area contributed by atoms with Crippen molar-refractivity contribution in [3.8, 4) is 11.4 Å². The van der Waals surface area contributed by atoms with Gasteiger partial charge in [0.1, 0.15) is 0 Å². The van der Waals surface area contributed by atoms with Gasteiger partial charge in [0.05, 0.1) is 5.69 Å². The molecule has 4 heteroatoms. The highest BCUT2D eigenvalue weighted by Gasteiger charge is 2.07. The summed E-state index contributed by atoms with van der Waals surface area (Å²) in [6.45, 7) is 7.08. The molecule has 0 aliphatic rings. The minimum Gasteiger partial charge on any atom is -0.309 e. The molecule has 1 N–H and O–H groups in total. The molecule has 1 aromatic heterocycles. The van der Waals surface area contributed by atoms with E-state index in [-0.39, 0.29) is 0 Å². The number of hydrogen-bond acceptors (Lipinski definition) is 3. The summed E-state index contributed by atoms with van der Waals surface area (Å²) < 4.78 is 1.03. The number of hydrogen-bond donors (Lipinski definition) is 1.